The Labute approximate surface area is 179 Å². The van der Waals surface area contributed by atoms with Crippen LogP contribution in [0, 0.1) is 0 Å². The summed E-state index contributed by atoms with van der Waals surface area (Å²) in [5, 5.41) is 5.18. The molecule has 9 nitrogen and oxygen atoms in total. The minimum absolute atomic E-state index is 0.00950. The van der Waals surface area contributed by atoms with Gasteiger partial charge in [0, 0.05) is 37.2 Å². The second-order valence-corrected chi connectivity index (χ2v) is 8.49. The summed E-state index contributed by atoms with van der Waals surface area (Å²) in [6.07, 6.45) is 0.750. The fourth-order valence-electron chi connectivity index (χ4n) is 4.69. The van der Waals surface area contributed by atoms with Crippen molar-refractivity contribution in [1.82, 2.24) is 20.4 Å². The fourth-order valence-corrected chi connectivity index (χ4v) is 4.69. The second kappa shape index (κ2) is 7.12. The second-order valence-electron chi connectivity index (χ2n) is 8.49. The Kier molecular flexibility index (Phi) is 4.51. The molecule has 1 unspecified atom stereocenters. The number of nitrogens with one attached hydrogen (secondary N) is 2. The van der Waals surface area contributed by atoms with Gasteiger partial charge in [0.25, 0.3) is 5.91 Å². The van der Waals surface area contributed by atoms with Gasteiger partial charge in [-0.15, -0.1) is 0 Å². The van der Waals surface area contributed by atoms with Crippen LogP contribution in [0.5, 0.6) is 5.75 Å². The molecule has 2 aromatic rings. The van der Waals surface area contributed by atoms with Crippen molar-refractivity contribution in [2.24, 2.45) is 0 Å². The van der Waals surface area contributed by atoms with E-state index in [-0.39, 0.29) is 18.9 Å². The van der Waals surface area contributed by atoms with Crippen LogP contribution in [0.25, 0.3) is 0 Å². The monoisotopic (exact) mass is 424 g/mol. The molecule has 1 fully saturated rings. The third-order valence-corrected chi connectivity index (χ3v) is 6.25. The lowest BCUT2D eigenvalue weighted by atomic mass is 9.88. The van der Waals surface area contributed by atoms with Crippen molar-refractivity contribution in [3.05, 3.63) is 52.5 Å². The van der Waals surface area contributed by atoms with Crippen molar-refractivity contribution in [3.8, 4) is 5.75 Å². The van der Waals surface area contributed by atoms with Crippen LogP contribution in [0.1, 0.15) is 39.4 Å². The zero-order valence-electron chi connectivity index (χ0n) is 17.5. The molecular formula is C22H24N4O5. The number of furan rings is 1. The summed E-state index contributed by atoms with van der Waals surface area (Å²) in [5.74, 6) is 1.42. The third kappa shape index (κ3) is 3.34. The van der Waals surface area contributed by atoms with E-state index in [1.165, 1.54) is 0 Å². The minimum atomic E-state index is -1.13. The first-order valence-corrected chi connectivity index (χ1v) is 10.3. The lowest BCUT2D eigenvalue weighted by molar-refractivity contribution is -0.123. The van der Waals surface area contributed by atoms with Gasteiger partial charge in [-0.25, -0.2) is 4.79 Å². The molecule has 1 saturated heterocycles. The third-order valence-electron chi connectivity index (χ3n) is 6.25. The Morgan fingerprint density at radius 2 is 2.00 bits per heavy atom. The molecule has 31 heavy (non-hydrogen) atoms. The van der Waals surface area contributed by atoms with E-state index >= 15 is 0 Å². The number of urea groups is 1. The average molecular weight is 424 g/mol. The lowest BCUT2D eigenvalue weighted by Crippen LogP contribution is -2.62. The van der Waals surface area contributed by atoms with E-state index in [0.717, 1.165) is 36.4 Å². The van der Waals surface area contributed by atoms with Crippen LogP contribution in [-0.2, 0) is 29.8 Å². The van der Waals surface area contributed by atoms with Gasteiger partial charge < -0.3 is 24.3 Å². The van der Waals surface area contributed by atoms with Crippen molar-refractivity contribution < 1.29 is 23.5 Å². The summed E-state index contributed by atoms with van der Waals surface area (Å²) in [6, 6.07) is 6.73. The number of imide groups is 1. The van der Waals surface area contributed by atoms with E-state index in [2.05, 4.69) is 15.5 Å². The molecule has 1 aromatic heterocycles. The Morgan fingerprint density at radius 3 is 2.77 bits per heavy atom. The number of hydrogen-bond acceptors (Lipinski definition) is 6. The van der Waals surface area contributed by atoms with Crippen LogP contribution in [0.4, 0.5) is 4.79 Å². The Morgan fingerprint density at radius 1 is 1.16 bits per heavy atom. The predicted molar refractivity (Wildman–Crippen MR) is 109 cm³/mol. The molecule has 0 bridgehead atoms. The highest BCUT2D eigenvalue weighted by Gasteiger charge is 2.47. The molecule has 9 heteroatoms. The number of amides is 4. The van der Waals surface area contributed by atoms with Crippen molar-refractivity contribution in [2.45, 2.75) is 31.5 Å². The van der Waals surface area contributed by atoms with Crippen molar-refractivity contribution in [3.63, 3.8) is 0 Å². The topological polar surface area (TPSA) is 104 Å². The summed E-state index contributed by atoms with van der Waals surface area (Å²) in [5.41, 5.74) is 1.37. The molecule has 0 aliphatic carbocycles. The molecule has 162 valence electrons. The number of benzene rings is 1. The van der Waals surface area contributed by atoms with Gasteiger partial charge in [0.15, 0.2) is 0 Å². The van der Waals surface area contributed by atoms with Crippen LogP contribution in [0.15, 0.2) is 28.7 Å². The summed E-state index contributed by atoms with van der Waals surface area (Å²) in [7, 11) is 3.59. The Hall–Kier alpha value is -3.33. The number of rotatable bonds is 4. The molecule has 3 aliphatic rings. The van der Waals surface area contributed by atoms with Crippen molar-refractivity contribution in [1.29, 1.82) is 0 Å². The van der Waals surface area contributed by atoms with Crippen molar-refractivity contribution in [2.75, 3.05) is 27.2 Å². The molecule has 0 saturated carbocycles. The molecule has 0 radical (unpaired) electrons. The number of methoxy groups -OCH3 is 1. The predicted octanol–water partition coefficient (Wildman–Crippen LogP) is 1.36. The summed E-state index contributed by atoms with van der Waals surface area (Å²) in [4.78, 5) is 41.6. The van der Waals surface area contributed by atoms with Gasteiger partial charge in [-0.3, -0.25) is 14.9 Å². The molecule has 1 atom stereocenters. The first-order valence-electron chi connectivity index (χ1n) is 10.3. The lowest BCUT2D eigenvalue weighted by Gasteiger charge is -2.38. The Bertz CT molecular complexity index is 1080. The molecule has 4 amide bonds. The zero-order valence-corrected chi connectivity index (χ0v) is 17.5. The fraction of sp³-hybridized carbons (Fsp3) is 0.409. The van der Waals surface area contributed by atoms with Gasteiger partial charge in [-0.2, -0.15) is 0 Å². The largest absolute Gasteiger partial charge is 0.497 e. The van der Waals surface area contributed by atoms with Gasteiger partial charge in [-0.05, 0) is 30.8 Å². The maximum atomic E-state index is 13.1. The van der Waals surface area contributed by atoms with Crippen LogP contribution in [0.2, 0.25) is 0 Å². The van der Waals surface area contributed by atoms with Crippen LogP contribution >= 0.6 is 0 Å². The van der Waals surface area contributed by atoms with Gasteiger partial charge in [0.05, 0.1) is 20.1 Å². The standard InChI is InChI=1S/C22H24N4O5/c1-25-6-5-17-14(10-25)7-18(31-17)22(9-19(27)23-21(29)24-22)12-26-11-13-3-4-15(30-2)8-16(13)20(26)28/h3-4,7-8H,5-6,9-12H2,1-2H3,(H2,23,24,27,29). The smallest absolute Gasteiger partial charge is 0.322 e. The molecule has 1 aromatic carbocycles. The summed E-state index contributed by atoms with van der Waals surface area (Å²) < 4.78 is 11.4. The highest BCUT2D eigenvalue weighted by molar-refractivity contribution is 6.00. The van der Waals surface area contributed by atoms with E-state index in [9.17, 15) is 14.4 Å². The number of hydrogen-bond donors (Lipinski definition) is 2. The van der Waals surface area contributed by atoms with Gasteiger partial charge in [0.1, 0.15) is 22.8 Å². The van der Waals surface area contributed by atoms with E-state index in [0.29, 0.717) is 23.6 Å². The van der Waals surface area contributed by atoms with E-state index < -0.39 is 17.5 Å². The first-order chi connectivity index (χ1) is 14.9. The number of likely N-dealkylation sites (N-methyl/N-ethyl adjacent to an activating group) is 1. The maximum absolute atomic E-state index is 13.1. The van der Waals surface area contributed by atoms with Gasteiger partial charge in [0.2, 0.25) is 5.91 Å². The van der Waals surface area contributed by atoms with E-state index in [4.69, 9.17) is 9.15 Å². The first kappa shape index (κ1) is 19.6. The molecule has 3 aliphatic heterocycles. The highest BCUT2D eigenvalue weighted by atomic mass is 16.5. The zero-order chi connectivity index (χ0) is 21.8. The average Bonchev–Trinajstić information content (AvgIpc) is 3.28. The van der Waals surface area contributed by atoms with Crippen molar-refractivity contribution >= 4 is 17.8 Å². The normalized spacial score (nSPS) is 23.3. The highest BCUT2D eigenvalue weighted by Crippen LogP contribution is 2.36. The molecule has 4 heterocycles. The van der Waals surface area contributed by atoms with Gasteiger partial charge >= 0.3 is 6.03 Å². The molecule has 5 rings (SSSR count). The van der Waals surface area contributed by atoms with Crippen LogP contribution < -0.4 is 15.4 Å². The Balaban J connectivity index is 1.50. The number of carbonyl (C=O) groups is 3. The number of carbonyl (C=O) groups excluding carboxylic acids is 3. The van der Waals surface area contributed by atoms with E-state index in [1.807, 2.05) is 25.2 Å². The number of ether oxygens (including phenoxy) is 1. The molecule has 0 spiro atoms. The van der Waals surface area contributed by atoms with Crippen LogP contribution in [0.3, 0.4) is 0 Å². The summed E-state index contributed by atoms with van der Waals surface area (Å²) in [6.45, 7) is 2.13. The quantitative estimate of drug-likeness (QED) is 0.768. The van der Waals surface area contributed by atoms with Gasteiger partial charge in [-0.1, -0.05) is 6.07 Å². The SMILES string of the molecule is COc1ccc2c(c1)C(=O)N(CC1(c3cc4c(o3)CCN(C)C4)CC(=O)NC(=O)N1)C2. The summed E-state index contributed by atoms with van der Waals surface area (Å²) >= 11 is 0. The maximum Gasteiger partial charge on any atom is 0.322 e. The number of fused-ring (bicyclic) bond motifs is 2. The van der Waals surface area contributed by atoms with E-state index in [1.54, 1.807) is 18.1 Å². The van der Waals surface area contributed by atoms with Crippen LogP contribution in [-0.4, -0.2) is 54.9 Å². The number of nitrogens with zero attached hydrogens (tertiary/aromatic N) is 2. The molecular weight excluding hydrogens is 400 g/mol. The minimum Gasteiger partial charge on any atom is -0.497 e. The molecule has 2 N–H and O–H groups in total.